The number of rotatable bonds is 5. The van der Waals surface area contributed by atoms with Gasteiger partial charge in [-0.1, -0.05) is 0 Å². The highest BCUT2D eigenvalue weighted by molar-refractivity contribution is 5.77. The SMILES string of the molecule is Cc1ccc(CN(C(=O)CC2COCCN2)C2CC2)o1. The molecular weight excluding hydrogens is 256 g/mol. The molecule has 110 valence electrons. The average molecular weight is 278 g/mol. The smallest absolute Gasteiger partial charge is 0.224 e. The van der Waals surface area contributed by atoms with Gasteiger partial charge in [-0.2, -0.15) is 0 Å². The van der Waals surface area contributed by atoms with Crippen molar-refractivity contribution in [3.8, 4) is 0 Å². The van der Waals surface area contributed by atoms with Crippen LogP contribution < -0.4 is 5.32 Å². The van der Waals surface area contributed by atoms with Crippen LogP contribution in [0.4, 0.5) is 0 Å². The Balaban J connectivity index is 1.59. The molecule has 3 rings (SSSR count). The van der Waals surface area contributed by atoms with Crippen LogP contribution in [0.5, 0.6) is 0 Å². The van der Waals surface area contributed by atoms with Crippen molar-refractivity contribution in [2.45, 2.75) is 44.8 Å². The minimum Gasteiger partial charge on any atom is -0.464 e. The highest BCUT2D eigenvalue weighted by Crippen LogP contribution is 2.29. The maximum atomic E-state index is 12.5. The lowest BCUT2D eigenvalue weighted by atomic mass is 10.1. The third-order valence-corrected chi connectivity index (χ3v) is 3.85. The number of nitrogens with one attached hydrogen (secondary N) is 1. The normalized spacial score (nSPS) is 22.8. The molecule has 2 heterocycles. The Labute approximate surface area is 119 Å². The third-order valence-electron chi connectivity index (χ3n) is 3.85. The van der Waals surface area contributed by atoms with E-state index in [9.17, 15) is 4.79 Å². The summed E-state index contributed by atoms with van der Waals surface area (Å²) in [7, 11) is 0. The summed E-state index contributed by atoms with van der Waals surface area (Å²) in [6, 6.07) is 4.45. The maximum absolute atomic E-state index is 12.5. The van der Waals surface area contributed by atoms with Crippen molar-refractivity contribution in [1.82, 2.24) is 10.2 Å². The first kappa shape index (κ1) is 13.6. The van der Waals surface area contributed by atoms with Crippen molar-refractivity contribution in [2.24, 2.45) is 0 Å². The Bertz CT molecular complexity index is 461. The van der Waals surface area contributed by atoms with Gasteiger partial charge < -0.3 is 19.4 Å². The van der Waals surface area contributed by atoms with Crippen molar-refractivity contribution in [2.75, 3.05) is 19.8 Å². The largest absolute Gasteiger partial charge is 0.464 e. The summed E-state index contributed by atoms with van der Waals surface area (Å²) in [6.45, 7) is 4.71. The van der Waals surface area contributed by atoms with E-state index in [0.29, 0.717) is 25.6 Å². The molecule has 5 nitrogen and oxygen atoms in total. The molecule has 1 aliphatic carbocycles. The Kier molecular flexibility index (Phi) is 4.08. The van der Waals surface area contributed by atoms with Crippen LogP contribution >= 0.6 is 0 Å². The molecule has 1 saturated heterocycles. The van der Waals surface area contributed by atoms with Gasteiger partial charge in [-0.25, -0.2) is 0 Å². The predicted molar refractivity (Wildman–Crippen MR) is 74.2 cm³/mol. The quantitative estimate of drug-likeness (QED) is 0.886. The van der Waals surface area contributed by atoms with Crippen LogP contribution in [0.25, 0.3) is 0 Å². The number of amides is 1. The summed E-state index contributed by atoms with van der Waals surface area (Å²) >= 11 is 0. The molecule has 20 heavy (non-hydrogen) atoms. The predicted octanol–water partition coefficient (Wildman–Crippen LogP) is 1.46. The van der Waals surface area contributed by atoms with Gasteiger partial charge in [-0.05, 0) is 31.9 Å². The van der Waals surface area contributed by atoms with Gasteiger partial charge >= 0.3 is 0 Å². The monoisotopic (exact) mass is 278 g/mol. The highest BCUT2D eigenvalue weighted by atomic mass is 16.5. The number of hydrogen-bond acceptors (Lipinski definition) is 4. The second-order valence-corrected chi connectivity index (χ2v) is 5.70. The summed E-state index contributed by atoms with van der Waals surface area (Å²) in [4.78, 5) is 14.5. The van der Waals surface area contributed by atoms with E-state index in [1.807, 2.05) is 24.0 Å². The van der Waals surface area contributed by atoms with Crippen molar-refractivity contribution < 1.29 is 13.9 Å². The fraction of sp³-hybridized carbons (Fsp3) is 0.667. The first-order valence-corrected chi connectivity index (χ1v) is 7.38. The van der Waals surface area contributed by atoms with E-state index in [0.717, 1.165) is 37.5 Å². The minimum atomic E-state index is 0.149. The first-order chi connectivity index (χ1) is 9.72. The van der Waals surface area contributed by atoms with Gasteiger partial charge in [0, 0.05) is 25.0 Å². The molecule has 1 aromatic heterocycles. The number of nitrogens with zero attached hydrogens (tertiary/aromatic N) is 1. The van der Waals surface area contributed by atoms with E-state index in [2.05, 4.69) is 5.32 Å². The highest BCUT2D eigenvalue weighted by Gasteiger charge is 2.34. The van der Waals surface area contributed by atoms with E-state index in [1.54, 1.807) is 0 Å². The number of ether oxygens (including phenoxy) is 1. The Hall–Kier alpha value is -1.33. The van der Waals surface area contributed by atoms with Crippen molar-refractivity contribution in [3.63, 3.8) is 0 Å². The van der Waals surface area contributed by atoms with E-state index in [-0.39, 0.29) is 11.9 Å². The van der Waals surface area contributed by atoms with Crippen molar-refractivity contribution in [3.05, 3.63) is 23.7 Å². The molecule has 0 radical (unpaired) electrons. The molecule has 1 aliphatic heterocycles. The zero-order chi connectivity index (χ0) is 13.9. The molecule has 2 fully saturated rings. The topological polar surface area (TPSA) is 54.7 Å². The zero-order valence-corrected chi connectivity index (χ0v) is 11.9. The van der Waals surface area contributed by atoms with Gasteiger partial charge in [0.05, 0.1) is 19.8 Å². The summed E-state index contributed by atoms with van der Waals surface area (Å²) in [6.07, 6.45) is 2.73. The second-order valence-electron chi connectivity index (χ2n) is 5.70. The lowest BCUT2D eigenvalue weighted by Crippen LogP contribution is -2.45. The van der Waals surface area contributed by atoms with Crippen LogP contribution in [0.3, 0.4) is 0 Å². The summed E-state index contributed by atoms with van der Waals surface area (Å²) < 4.78 is 11.0. The van der Waals surface area contributed by atoms with E-state index < -0.39 is 0 Å². The molecule has 1 N–H and O–H groups in total. The summed E-state index contributed by atoms with van der Waals surface area (Å²) in [5.41, 5.74) is 0. The van der Waals surface area contributed by atoms with Crippen LogP contribution in [0.15, 0.2) is 16.5 Å². The van der Waals surface area contributed by atoms with Crippen molar-refractivity contribution >= 4 is 5.91 Å². The van der Waals surface area contributed by atoms with Gasteiger partial charge in [0.2, 0.25) is 5.91 Å². The molecule has 1 aromatic rings. The minimum absolute atomic E-state index is 0.149. The van der Waals surface area contributed by atoms with Gasteiger partial charge in [-0.15, -0.1) is 0 Å². The summed E-state index contributed by atoms with van der Waals surface area (Å²) in [5, 5.41) is 3.34. The molecule has 0 spiro atoms. The number of carbonyl (C=O) groups is 1. The average Bonchev–Trinajstić information content (AvgIpc) is 3.20. The molecule has 0 aromatic carbocycles. The fourth-order valence-corrected chi connectivity index (χ4v) is 2.62. The third kappa shape index (κ3) is 3.41. The molecule has 1 saturated carbocycles. The number of morpholine rings is 1. The van der Waals surface area contributed by atoms with Crippen LogP contribution in [0, 0.1) is 6.92 Å². The van der Waals surface area contributed by atoms with Crippen molar-refractivity contribution in [1.29, 1.82) is 0 Å². The van der Waals surface area contributed by atoms with E-state index in [1.165, 1.54) is 0 Å². The Morgan fingerprint density at radius 2 is 2.30 bits per heavy atom. The van der Waals surface area contributed by atoms with Crippen LogP contribution in [0.1, 0.15) is 30.8 Å². The zero-order valence-electron chi connectivity index (χ0n) is 11.9. The van der Waals surface area contributed by atoms with Gasteiger partial charge in [0.1, 0.15) is 11.5 Å². The lowest BCUT2D eigenvalue weighted by Gasteiger charge is -2.27. The number of aryl methyl sites for hydroxylation is 1. The van der Waals surface area contributed by atoms with Gasteiger partial charge in [-0.3, -0.25) is 4.79 Å². The molecule has 2 aliphatic rings. The number of carbonyl (C=O) groups excluding carboxylic acids is 1. The Morgan fingerprint density at radius 3 is 2.90 bits per heavy atom. The standard InChI is InChI=1S/C15H22N2O3/c1-11-2-5-14(20-11)9-17(13-3-4-13)15(18)8-12-10-19-7-6-16-12/h2,5,12-13,16H,3-4,6-10H2,1H3. The summed E-state index contributed by atoms with van der Waals surface area (Å²) in [5.74, 6) is 1.96. The first-order valence-electron chi connectivity index (χ1n) is 7.38. The lowest BCUT2D eigenvalue weighted by molar-refractivity contribution is -0.134. The molecular formula is C15H22N2O3. The van der Waals surface area contributed by atoms with Gasteiger partial charge in [0.25, 0.3) is 0 Å². The van der Waals surface area contributed by atoms with E-state index >= 15 is 0 Å². The molecule has 1 unspecified atom stereocenters. The van der Waals surface area contributed by atoms with Crippen LogP contribution in [0.2, 0.25) is 0 Å². The molecule has 1 amide bonds. The second kappa shape index (κ2) is 5.97. The maximum Gasteiger partial charge on any atom is 0.224 e. The van der Waals surface area contributed by atoms with Gasteiger partial charge in [0.15, 0.2) is 0 Å². The Morgan fingerprint density at radius 1 is 1.45 bits per heavy atom. The molecule has 5 heteroatoms. The molecule has 0 bridgehead atoms. The van der Waals surface area contributed by atoms with Crippen LogP contribution in [-0.2, 0) is 16.1 Å². The van der Waals surface area contributed by atoms with E-state index in [4.69, 9.17) is 9.15 Å². The molecule has 1 atom stereocenters. The number of hydrogen-bond donors (Lipinski definition) is 1. The fourth-order valence-electron chi connectivity index (χ4n) is 2.62. The number of furan rings is 1. The van der Waals surface area contributed by atoms with Crippen LogP contribution in [-0.4, -0.2) is 42.6 Å².